The Morgan fingerprint density at radius 3 is 2.40 bits per heavy atom. The molecule has 1 N–H and O–H groups in total. The van der Waals surface area contributed by atoms with E-state index >= 15 is 0 Å². The molecule has 0 aliphatic heterocycles. The Morgan fingerprint density at radius 1 is 1.40 bits per heavy atom. The second kappa shape index (κ2) is 5.08. The van der Waals surface area contributed by atoms with E-state index in [2.05, 4.69) is 0 Å². The highest BCUT2D eigenvalue weighted by molar-refractivity contribution is 7.92. The Hall–Kier alpha value is -1.58. The smallest absolute Gasteiger partial charge is 0.155 e. The maximum absolute atomic E-state index is 12.1. The second-order valence-electron chi connectivity index (χ2n) is 4.93. The summed E-state index contributed by atoms with van der Waals surface area (Å²) >= 11 is 0. The van der Waals surface area contributed by atoms with Crippen molar-refractivity contribution >= 4 is 9.84 Å². The van der Waals surface area contributed by atoms with Crippen LogP contribution in [0, 0.1) is 16.7 Å². The number of benzene rings is 1. The van der Waals surface area contributed by atoms with E-state index in [4.69, 9.17) is 4.74 Å². The van der Waals surface area contributed by atoms with Crippen LogP contribution in [0.15, 0.2) is 24.3 Å². The van der Waals surface area contributed by atoms with Crippen molar-refractivity contribution in [1.29, 1.82) is 5.26 Å². The molecule has 0 bridgehead atoms. The SMILES string of the molecule is CCS(=O)(=O)[C@H]1[C@@H](c2ccc(OC)cc2)[C@@]1(C#N)CO. The quantitative estimate of drug-likeness (QED) is 0.879. The number of methoxy groups -OCH3 is 1. The van der Waals surface area contributed by atoms with Crippen LogP contribution in [0.1, 0.15) is 18.4 Å². The fourth-order valence-electron chi connectivity index (χ4n) is 2.75. The lowest BCUT2D eigenvalue weighted by molar-refractivity contribution is 0.242. The summed E-state index contributed by atoms with van der Waals surface area (Å²) in [5, 5.41) is 18.0. The summed E-state index contributed by atoms with van der Waals surface area (Å²) in [5.74, 6) is 0.150. The number of sulfone groups is 1. The number of nitriles is 1. The van der Waals surface area contributed by atoms with Gasteiger partial charge in [0.1, 0.15) is 11.2 Å². The van der Waals surface area contributed by atoms with E-state index in [-0.39, 0.29) is 5.75 Å². The zero-order chi connectivity index (χ0) is 15.0. The Kier molecular flexibility index (Phi) is 3.76. The monoisotopic (exact) mass is 295 g/mol. The average molecular weight is 295 g/mol. The number of rotatable bonds is 5. The first-order valence-corrected chi connectivity index (χ1v) is 8.06. The minimum atomic E-state index is -3.38. The van der Waals surface area contributed by atoms with Crippen molar-refractivity contribution in [1.82, 2.24) is 0 Å². The standard InChI is InChI=1S/C14H17NO4S/c1-3-20(17,18)13-12(14(13,8-15)9-16)10-4-6-11(19-2)7-5-10/h4-7,12-13,16H,3,9H2,1-2H3/t12-,13+,14-/m1/s1. The Morgan fingerprint density at radius 2 is 2.00 bits per heavy atom. The number of hydrogen-bond donors (Lipinski definition) is 1. The molecule has 0 heterocycles. The summed E-state index contributed by atoms with van der Waals surface area (Å²) in [4.78, 5) is 0. The average Bonchev–Trinajstić information content (AvgIpc) is 3.18. The van der Waals surface area contributed by atoms with Crippen molar-refractivity contribution in [3.05, 3.63) is 29.8 Å². The van der Waals surface area contributed by atoms with E-state index in [0.717, 1.165) is 5.56 Å². The van der Waals surface area contributed by atoms with Gasteiger partial charge in [0.25, 0.3) is 0 Å². The summed E-state index contributed by atoms with van der Waals surface area (Å²) in [6.07, 6.45) is 0. The van der Waals surface area contributed by atoms with E-state index in [1.54, 1.807) is 38.3 Å². The van der Waals surface area contributed by atoms with Crippen LogP contribution in [0.4, 0.5) is 0 Å². The molecule has 1 saturated carbocycles. The summed E-state index contributed by atoms with van der Waals surface area (Å²) in [5.41, 5.74) is -0.480. The predicted molar refractivity (Wildman–Crippen MR) is 74.1 cm³/mol. The fourth-order valence-corrected chi connectivity index (χ4v) is 4.76. The van der Waals surface area contributed by atoms with E-state index < -0.39 is 33.0 Å². The molecule has 108 valence electrons. The van der Waals surface area contributed by atoms with E-state index in [9.17, 15) is 18.8 Å². The lowest BCUT2D eigenvalue weighted by atomic mass is 10.0. The van der Waals surface area contributed by atoms with Crippen LogP contribution in [0.25, 0.3) is 0 Å². The van der Waals surface area contributed by atoms with Gasteiger partial charge in [0.05, 0.1) is 25.0 Å². The molecule has 20 heavy (non-hydrogen) atoms. The number of aliphatic hydroxyl groups excluding tert-OH is 1. The van der Waals surface area contributed by atoms with Crippen molar-refractivity contribution in [2.24, 2.45) is 5.41 Å². The van der Waals surface area contributed by atoms with Crippen molar-refractivity contribution in [2.45, 2.75) is 18.1 Å². The zero-order valence-electron chi connectivity index (χ0n) is 11.4. The number of hydrogen-bond acceptors (Lipinski definition) is 5. The maximum Gasteiger partial charge on any atom is 0.155 e. The van der Waals surface area contributed by atoms with Crippen LogP contribution < -0.4 is 4.74 Å². The topological polar surface area (TPSA) is 87.4 Å². The van der Waals surface area contributed by atoms with Crippen LogP contribution >= 0.6 is 0 Å². The summed E-state index contributed by atoms with van der Waals surface area (Å²) in [6, 6.07) is 8.95. The number of ether oxygens (including phenoxy) is 1. The van der Waals surface area contributed by atoms with Gasteiger partial charge < -0.3 is 9.84 Å². The third kappa shape index (κ3) is 2.07. The van der Waals surface area contributed by atoms with Crippen molar-refractivity contribution < 1.29 is 18.3 Å². The highest BCUT2D eigenvalue weighted by Crippen LogP contribution is 2.62. The fraction of sp³-hybridized carbons (Fsp3) is 0.500. The molecule has 3 atom stereocenters. The molecule has 1 aromatic carbocycles. The minimum absolute atomic E-state index is 0.0340. The summed E-state index contributed by atoms with van der Waals surface area (Å²) < 4.78 is 29.3. The minimum Gasteiger partial charge on any atom is -0.497 e. The van der Waals surface area contributed by atoms with Gasteiger partial charge in [-0.15, -0.1) is 0 Å². The molecule has 2 rings (SSSR count). The molecular weight excluding hydrogens is 278 g/mol. The first-order valence-electron chi connectivity index (χ1n) is 6.34. The van der Waals surface area contributed by atoms with Crippen LogP contribution in [-0.2, 0) is 9.84 Å². The van der Waals surface area contributed by atoms with Crippen LogP contribution in [0.2, 0.25) is 0 Å². The zero-order valence-corrected chi connectivity index (χ0v) is 12.2. The summed E-state index contributed by atoms with van der Waals surface area (Å²) in [7, 11) is -1.84. The third-order valence-electron chi connectivity index (χ3n) is 3.99. The van der Waals surface area contributed by atoms with Crippen molar-refractivity contribution in [2.75, 3.05) is 19.5 Å². The molecule has 1 fully saturated rings. The predicted octanol–water partition coefficient (Wildman–Crippen LogP) is 1.10. The molecule has 0 saturated heterocycles. The lowest BCUT2D eigenvalue weighted by Crippen LogP contribution is -2.19. The summed E-state index contributed by atoms with van der Waals surface area (Å²) in [6.45, 7) is 1.10. The van der Waals surface area contributed by atoms with Crippen LogP contribution in [0.3, 0.4) is 0 Å². The van der Waals surface area contributed by atoms with Gasteiger partial charge in [0.2, 0.25) is 0 Å². The molecule has 0 aromatic heterocycles. The van der Waals surface area contributed by atoms with Gasteiger partial charge in [-0.25, -0.2) is 8.42 Å². The third-order valence-corrected chi connectivity index (χ3v) is 6.26. The van der Waals surface area contributed by atoms with Crippen LogP contribution in [0.5, 0.6) is 5.75 Å². The van der Waals surface area contributed by atoms with Crippen molar-refractivity contribution in [3.63, 3.8) is 0 Å². The Labute approximate surface area is 118 Å². The molecule has 0 amide bonds. The van der Waals surface area contributed by atoms with Gasteiger partial charge in [0.15, 0.2) is 9.84 Å². The highest BCUT2D eigenvalue weighted by Gasteiger charge is 2.71. The van der Waals surface area contributed by atoms with Gasteiger partial charge in [0, 0.05) is 11.7 Å². The molecule has 0 unspecified atom stereocenters. The highest BCUT2D eigenvalue weighted by atomic mass is 32.2. The van der Waals surface area contributed by atoms with E-state index in [1.165, 1.54) is 0 Å². The van der Waals surface area contributed by atoms with Gasteiger partial charge >= 0.3 is 0 Å². The molecule has 1 aliphatic carbocycles. The van der Waals surface area contributed by atoms with Gasteiger partial charge in [-0.2, -0.15) is 5.26 Å². The Bertz CT molecular complexity index is 632. The largest absolute Gasteiger partial charge is 0.497 e. The lowest BCUT2D eigenvalue weighted by Gasteiger charge is -2.04. The molecule has 6 heteroatoms. The van der Waals surface area contributed by atoms with Crippen molar-refractivity contribution in [3.8, 4) is 11.8 Å². The second-order valence-corrected chi connectivity index (χ2v) is 7.34. The molecule has 1 aliphatic rings. The molecule has 0 spiro atoms. The normalized spacial score (nSPS) is 28.7. The van der Waals surface area contributed by atoms with Gasteiger partial charge in [-0.3, -0.25) is 0 Å². The molecular formula is C14H17NO4S. The van der Waals surface area contributed by atoms with E-state index in [1.807, 2.05) is 6.07 Å². The first kappa shape index (κ1) is 14.8. The number of nitrogens with zero attached hydrogens (tertiary/aromatic N) is 1. The Balaban J connectivity index is 2.42. The maximum atomic E-state index is 12.1. The first-order chi connectivity index (χ1) is 9.46. The van der Waals surface area contributed by atoms with E-state index in [0.29, 0.717) is 5.75 Å². The number of aliphatic hydroxyl groups is 1. The molecule has 1 aromatic rings. The molecule has 0 radical (unpaired) electrons. The van der Waals surface area contributed by atoms with Crippen LogP contribution in [-0.4, -0.2) is 38.2 Å². The molecule has 5 nitrogen and oxygen atoms in total. The van der Waals surface area contributed by atoms with Gasteiger partial charge in [-0.05, 0) is 17.7 Å². The van der Waals surface area contributed by atoms with Gasteiger partial charge in [-0.1, -0.05) is 19.1 Å².